The van der Waals surface area contributed by atoms with Gasteiger partial charge < -0.3 is 14.5 Å². The molecule has 1 aromatic carbocycles. The minimum absolute atomic E-state index is 0.0155. The Morgan fingerprint density at radius 1 is 1.24 bits per heavy atom. The van der Waals surface area contributed by atoms with Gasteiger partial charge in [0.25, 0.3) is 0 Å². The van der Waals surface area contributed by atoms with Gasteiger partial charge >= 0.3 is 12.0 Å². The number of esters is 1. The first kappa shape index (κ1) is 20.9. The molecule has 1 aliphatic carbocycles. The van der Waals surface area contributed by atoms with Crippen LogP contribution >= 0.6 is 0 Å². The first-order valence-electron chi connectivity index (χ1n) is 10.9. The number of furan rings is 1. The molecule has 1 fully saturated rings. The second kappa shape index (κ2) is 8.54. The van der Waals surface area contributed by atoms with Crippen molar-refractivity contribution in [3.63, 3.8) is 0 Å². The summed E-state index contributed by atoms with van der Waals surface area (Å²) in [4.78, 5) is 42.8. The van der Waals surface area contributed by atoms with Crippen molar-refractivity contribution < 1.29 is 23.5 Å². The van der Waals surface area contributed by atoms with Gasteiger partial charge in [-0.25, -0.2) is 14.6 Å². The fraction of sp³-hybridized carbons (Fsp3) is 0.280. The van der Waals surface area contributed by atoms with Crippen molar-refractivity contribution >= 4 is 40.5 Å². The predicted octanol–water partition coefficient (Wildman–Crippen LogP) is 3.66. The zero-order valence-electron chi connectivity index (χ0n) is 18.2. The lowest BCUT2D eigenvalue weighted by Crippen LogP contribution is -2.34. The van der Waals surface area contributed by atoms with Crippen molar-refractivity contribution in [1.29, 1.82) is 0 Å². The van der Waals surface area contributed by atoms with Gasteiger partial charge in [0.05, 0.1) is 36.1 Å². The molecular formula is C25H23N3O5. The number of nitrogens with zero attached hydrogens (tertiary/aromatic N) is 2. The van der Waals surface area contributed by atoms with Crippen LogP contribution in [-0.4, -0.2) is 47.5 Å². The smallest absolute Gasteiger partial charge is 0.339 e. The molecule has 2 aromatic heterocycles. The summed E-state index contributed by atoms with van der Waals surface area (Å²) in [5, 5.41) is 3.18. The number of amides is 3. The molecule has 1 saturated heterocycles. The number of para-hydroxylation sites is 1. The first-order chi connectivity index (χ1) is 16.0. The molecule has 0 saturated carbocycles. The fourth-order valence-corrected chi connectivity index (χ4v) is 4.50. The van der Waals surface area contributed by atoms with Crippen molar-refractivity contribution in [2.24, 2.45) is 5.92 Å². The summed E-state index contributed by atoms with van der Waals surface area (Å²) in [6.45, 7) is 2.05. The molecule has 8 heteroatoms. The Morgan fingerprint density at radius 3 is 2.85 bits per heavy atom. The summed E-state index contributed by atoms with van der Waals surface area (Å²) in [5.74, 6) is 0.226. The van der Waals surface area contributed by atoms with Crippen LogP contribution in [0, 0.1) is 5.92 Å². The monoisotopic (exact) mass is 445 g/mol. The highest BCUT2D eigenvalue weighted by Gasteiger charge is 2.30. The first-order valence-corrected chi connectivity index (χ1v) is 10.9. The lowest BCUT2D eigenvalue weighted by Gasteiger charge is -2.26. The van der Waals surface area contributed by atoms with Gasteiger partial charge in [0, 0.05) is 5.39 Å². The van der Waals surface area contributed by atoms with Gasteiger partial charge in [-0.1, -0.05) is 25.1 Å². The second-order valence-electron chi connectivity index (χ2n) is 8.37. The summed E-state index contributed by atoms with van der Waals surface area (Å²) in [7, 11) is 0. The Balaban J connectivity index is 1.51. The van der Waals surface area contributed by atoms with Crippen LogP contribution in [0.3, 0.4) is 0 Å². The lowest BCUT2D eigenvalue weighted by molar-refractivity contribution is -0.125. The van der Waals surface area contributed by atoms with E-state index in [2.05, 4.69) is 12.2 Å². The number of hydrogen-bond acceptors (Lipinski definition) is 6. The van der Waals surface area contributed by atoms with Crippen molar-refractivity contribution in [2.45, 2.75) is 19.8 Å². The average molecular weight is 445 g/mol. The number of carbonyl (C=O) groups is 3. The molecule has 1 N–H and O–H groups in total. The summed E-state index contributed by atoms with van der Waals surface area (Å²) in [5.41, 5.74) is 3.84. The molecule has 0 bridgehead atoms. The number of pyridine rings is 1. The Hall–Kier alpha value is -3.94. The highest BCUT2D eigenvalue weighted by molar-refractivity contribution is 6.07. The molecule has 168 valence electrons. The second-order valence-corrected chi connectivity index (χ2v) is 8.37. The van der Waals surface area contributed by atoms with E-state index in [0.29, 0.717) is 23.4 Å². The molecule has 1 atom stereocenters. The fourth-order valence-electron chi connectivity index (χ4n) is 4.50. The predicted molar refractivity (Wildman–Crippen MR) is 121 cm³/mol. The third kappa shape index (κ3) is 4.00. The molecule has 3 aromatic rings. The molecule has 0 spiro atoms. The molecule has 3 heterocycles. The van der Waals surface area contributed by atoms with Crippen molar-refractivity contribution in [2.75, 3.05) is 19.7 Å². The number of nitrogens with one attached hydrogen (secondary N) is 1. The minimum Gasteiger partial charge on any atom is -0.465 e. The van der Waals surface area contributed by atoms with E-state index in [4.69, 9.17) is 14.1 Å². The van der Waals surface area contributed by atoms with E-state index in [9.17, 15) is 14.4 Å². The molecule has 2 aliphatic rings. The molecule has 1 unspecified atom stereocenters. The minimum atomic E-state index is -0.483. The normalized spacial score (nSPS) is 19.1. The van der Waals surface area contributed by atoms with Crippen LogP contribution in [0.15, 0.2) is 47.1 Å². The summed E-state index contributed by atoms with van der Waals surface area (Å²) in [6, 6.07) is 10.7. The number of carbonyl (C=O) groups excluding carboxylic acids is 3. The van der Waals surface area contributed by atoms with Crippen LogP contribution in [0.4, 0.5) is 4.79 Å². The van der Waals surface area contributed by atoms with Gasteiger partial charge in [0.1, 0.15) is 12.4 Å². The standard InChI is InChI=1S/C25H23N3O5/c1-15-11-16(13-17-5-4-9-32-17)23-19(12-15)22(18-6-2-3-7-20(18)27-23)24(30)33-10-8-28-21(29)14-26-25(28)31/h2-7,9,13,15H,8,10-12,14H2,1H3,(H,26,31). The van der Waals surface area contributed by atoms with E-state index in [1.165, 1.54) is 0 Å². The highest BCUT2D eigenvalue weighted by Crippen LogP contribution is 2.38. The summed E-state index contributed by atoms with van der Waals surface area (Å²) < 4.78 is 11.1. The van der Waals surface area contributed by atoms with Gasteiger partial charge in [-0.15, -0.1) is 0 Å². The van der Waals surface area contributed by atoms with Crippen LogP contribution in [0.5, 0.6) is 0 Å². The molecule has 3 amide bonds. The van der Waals surface area contributed by atoms with Gasteiger partial charge in [-0.05, 0) is 54.2 Å². The van der Waals surface area contributed by atoms with E-state index in [1.807, 2.05) is 42.5 Å². The van der Waals surface area contributed by atoms with Crippen LogP contribution in [-0.2, 0) is 16.0 Å². The van der Waals surface area contributed by atoms with Crippen molar-refractivity contribution in [1.82, 2.24) is 15.2 Å². The average Bonchev–Trinajstić information content (AvgIpc) is 3.42. The SMILES string of the molecule is CC1CC(=Cc2ccco2)c2nc3ccccc3c(C(=O)OCCN3C(=O)CNC3=O)c2C1. The van der Waals surface area contributed by atoms with Crippen LogP contribution in [0.2, 0.25) is 0 Å². The van der Waals surface area contributed by atoms with E-state index in [-0.39, 0.29) is 25.6 Å². The topological polar surface area (TPSA) is 102 Å². The highest BCUT2D eigenvalue weighted by atomic mass is 16.5. The zero-order chi connectivity index (χ0) is 22.9. The molecule has 1 aliphatic heterocycles. The zero-order valence-corrected chi connectivity index (χ0v) is 18.2. The number of aromatic nitrogens is 1. The Kier molecular flexibility index (Phi) is 5.42. The van der Waals surface area contributed by atoms with Gasteiger partial charge in [0.15, 0.2) is 0 Å². The maximum Gasteiger partial charge on any atom is 0.339 e. The van der Waals surface area contributed by atoms with Gasteiger partial charge in [-0.3, -0.25) is 9.69 Å². The number of rotatable bonds is 5. The van der Waals surface area contributed by atoms with E-state index >= 15 is 0 Å². The number of urea groups is 1. The van der Waals surface area contributed by atoms with E-state index in [0.717, 1.165) is 39.3 Å². The molecule has 0 radical (unpaired) electrons. The van der Waals surface area contributed by atoms with Crippen molar-refractivity contribution in [3.05, 3.63) is 65.2 Å². The number of benzene rings is 1. The maximum atomic E-state index is 13.3. The maximum absolute atomic E-state index is 13.3. The van der Waals surface area contributed by atoms with Crippen LogP contribution in [0.1, 0.15) is 40.7 Å². The Labute approximate surface area is 190 Å². The Bertz CT molecular complexity index is 1260. The van der Waals surface area contributed by atoms with E-state index in [1.54, 1.807) is 6.26 Å². The summed E-state index contributed by atoms with van der Waals surface area (Å²) >= 11 is 0. The largest absolute Gasteiger partial charge is 0.465 e. The summed E-state index contributed by atoms with van der Waals surface area (Å²) in [6.07, 6.45) is 5.12. The quantitative estimate of drug-likeness (QED) is 0.475. The number of fused-ring (bicyclic) bond motifs is 2. The molecular weight excluding hydrogens is 422 g/mol. The van der Waals surface area contributed by atoms with Crippen LogP contribution < -0.4 is 5.32 Å². The molecule has 8 nitrogen and oxygen atoms in total. The number of allylic oxidation sites excluding steroid dienone is 1. The van der Waals surface area contributed by atoms with Crippen LogP contribution in [0.25, 0.3) is 22.6 Å². The van der Waals surface area contributed by atoms with Gasteiger partial charge in [-0.2, -0.15) is 0 Å². The third-order valence-corrected chi connectivity index (χ3v) is 5.97. The lowest BCUT2D eigenvalue weighted by atomic mass is 9.81. The third-order valence-electron chi connectivity index (χ3n) is 5.97. The number of hydrogen-bond donors (Lipinski definition) is 1. The Morgan fingerprint density at radius 2 is 2.09 bits per heavy atom. The molecule has 5 rings (SSSR count). The van der Waals surface area contributed by atoms with E-state index < -0.39 is 12.0 Å². The molecule has 33 heavy (non-hydrogen) atoms. The number of ether oxygens (including phenoxy) is 1. The van der Waals surface area contributed by atoms with Crippen molar-refractivity contribution in [3.8, 4) is 0 Å². The number of imide groups is 1. The van der Waals surface area contributed by atoms with Gasteiger partial charge in [0.2, 0.25) is 5.91 Å².